The molecule has 0 bridgehead atoms. The quantitative estimate of drug-likeness (QED) is 0.850. The molecule has 0 aromatic heterocycles. The minimum Gasteiger partial charge on any atom is -0.333 e. The number of sulfonamides is 1. The highest BCUT2D eigenvalue weighted by Crippen LogP contribution is 2.27. The zero-order valence-electron chi connectivity index (χ0n) is 14.0. The van der Waals surface area contributed by atoms with Crippen molar-refractivity contribution in [2.45, 2.75) is 26.3 Å². The maximum absolute atomic E-state index is 12.8. The molecular formula is C16H24ClN3O3S. The fourth-order valence-electron chi connectivity index (χ4n) is 3.27. The molecule has 134 valence electrons. The Morgan fingerprint density at radius 2 is 2.04 bits per heavy atom. The van der Waals surface area contributed by atoms with Gasteiger partial charge < -0.3 is 10.2 Å². The van der Waals surface area contributed by atoms with E-state index in [1.807, 2.05) is 24.8 Å². The SMILES string of the molecule is Cc1cc(N2CCCS2(=O)=O)ccc1C(=O)N1CCNCC1C.Cl. The first-order chi connectivity index (χ1) is 10.9. The smallest absolute Gasteiger partial charge is 0.254 e. The molecule has 1 unspecified atom stereocenters. The molecule has 0 aliphatic carbocycles. The largest absolute Gasteiger partial charge is 0.333 e. The van der Waals surface area contributed by atoms with Crippen LogP contribution in [-0.2, 0) is 10.0 Å². The van der Waals surface area contributed by atoms with Crippen molar-refractivity contribution in [3.05, 3.63) is 29.3 Å². The number of carbonyl (C=O) groups is 1. The van der Waals surface area contributed by atoms with Crippen molar-refractivity contribution >= 4 is 34.0 Å². The molecule has 2 saturated heterocycles. The van der Waals surface area contributed by atoms with Gasteiger partial charge in [-0.15, -0.1) is 12.4 Å². The van der Waals surface area contributed by atoms with E-state index in [-0.39, 0.29) is 30.1 Å². The van der Waals surface area contributed by atoms with Crippen molar-refractivity contribution < 1.29 is 13.2 Å². The molecule has 2 fully saturated rings. The van der Waals surface area contributed by atoms with Gasteiger partial charge in [0.05, 0.1) is 11.4 Å². The number of hydrogen-bond acceptors (Lipinski definition) is 4. The standard InChI is InChI=1S/C16H23N3O3S.ClH/c1-12-10-14(19-7-3-9-23(19,21)22)4-5-15(12)16(20)18-8-6-17-11-13(18)2;/h4-5,10,13,17H,3,6-9,11H2,1-2H3;1H. The van der Waals surface area contributed by atoms with E-state index >= 15 is 0 Å². The summed E-state index contributed by atoms with van der Waals surface area (Å²) < 4.78 is 25.5. The summed E-state index contributed by atoms with van der Waals surface area (Å²) in [6.07, 6.45) is 0.653. The molecule has 1 aromatic rings. The number of halogens is 1. The Balaban J connectivity index is 0.00000208. The van der Waals surface area contributed by atoms with E-state index in [0.717, 1.165) is 18.7 Å². The number of carbonyl (C=O) groups excluding carboxylic acids is 1. The van der Waals surface area contributed by atoms with E-state index in [0.29, 0.717) is 30.8 Å². The maximum Gasteiger partial charge on any atom is 0.254 e. The van der Waals surface area contributed by atoms with Crippen LogP contribution in [0.25, 0.3) is 0 Å². The average Bonchev–Trinajstić information content (AvgIpc) is 2.86. The zero-order chi connectivity index (χ0) is 16.6. The van der Waals surface area contributed by atoms with Gasteiger partial charge in [-0.3, -0.25) is 9.10 Å². The summed E-state index contributed by atoms with van der Waals surface area (Å²) >= 11 is 0. The lowest BCUT2D eigenvalue weighted by molar-refractivity contribution is 0.0655. The Kier molecular flexibility index (Phi) is 5.78. The van der Waals surface area contributed by atoms with E-state index in [4.69, 9.17) is 0 Å². The van der Waals surface area contributed by atoms with Gasteiger partial charge in [-0.2, -0.15) is 0 Å². The number of anilines is 1. The van der Waals surface area contributed by atoms with Crippen LogP contribution in [0.5, 0.6) is 0 Å². The van der Waals surface area contributed by atoms with Crippen LogP contribution in [-0.4, -0.2) is 57.2 Å². The molecule has 8 heteroatoms. The number of benzene rings is 1. The summed E-state index contributed by atoms with van der Waals surface area (Å²) in [5.74, 6) is 0.220. The van der Waals surface area contributed by atoms with Crippen LogP contribution < -0.4 is 9.62 Å². The Morgan fingerprint density at radius 1 is 1.29 bits per heavy atom. The summed E-state index contributed by atoms with van der Waals surface area (Å²) in [7, 11) is -3.19. The van der Waals surface area contributed by atoms with Gasteiger partial charge in [0.25, 0.3) is 5.91 Å². The van der Waals surface area contributed by atoms with E-state index in [1.54, 1.807) is 12.1 Å². The molecule has 1 atom stereocenters. The van der Waals surface area contributed by atoms with E-state index in [1.165, 1.54) is 4.31 Å². The summed E-state index contributed by atoms with van der Waals surface area (Å²) in [4.78, 5) is 14.6. The summed E-state index contributed by atoms with van der Waals surface area (Å²) in [6, 6.07) is 5.48. The Bertz CT molecular complexity index is 723. The van der Waals surface area contributed by atoms with Gasteiger partial charge in [-0.05, 0) is 44.0 Å². The van der Waals surface area contributed by atoms with Crippen molar-refractivity contribution in [1.82, 2.24) is 10.2 Å². The molecule has 3 rings (SSSR count). The molecule has 24 heavy (non-hydrogen) atoms. The summed E-state index contributed by atoms with van der Waals surface area (Å²) in [5, 5.41) is 3.27. The van der Waals surface area contributed by atoms with Crippen LogP contribution in [0.15, 0.2) is 18.2 Å². The number of nitrogens with zero attached hydrogens (tertiary/aromatic N) is 2. The van der Waals surface area contributed by atoms with Gasteiger partial charge in [0.2, 0.25) is 10.0 Å². The van der Waals surface area contributed by atoms with Crippen LogP contribution in [0.4, 0.5) is 5.69 Å². The predicted octanol–water partition coefficient (Wildman–Crippen LogP) is 1.39. The average molecular weight is 374 g/mol. The molecule has 0 saturated carbocycles. The lowest BCUT2D eigenvalue weighted by Crippen LogP contribution is -2.52. The summed E-state index contributed by atoms with van der Waals surface area (Å²) in [6.45, 7) is 6.72. The Labute approximate surface area is 149 Å². The first-order valence-electron chi connectivity index (χ1n) is 8.03. The number of rotatable bonds is 2. The third-order valence-electron chi connectivity index (χ3n) is 4.59. The number of hydrogen-bond donors (Lipinski definition) is 1. The van der Waals surface area contributed by atoms with Crippen molar-refractivity contribution in [2.24, 2.45) is 0 Å². The van der Waals surface area contributed by atoms with Crippen LogP contribution in [0, 0.1) is 6.92 Å². The van der Waals surface area contributed by atoms with Crippen molar-refractivity contribution in [1.29, 1.82) is 0 Å². The highest BCUT2D eigenvalue weighted by atomic mass is 35.5. The molecular weight excluding hydrogens is 350 g/mol. The molecule has 0 spiro atoms. The number of piperazine rings is 1. The van der Waals surface area contributed by atoms with E-state index in [2.05, 4.69) is 5.32 Å². The van der Waals surface area contributed by atoms with E-state index < -0.39 is 10.0 Å². The highest BCUT2D eigenvalue weighted by molar-refractivity contribution is 7.93. The van der Waals surface area contributed by atoms with Crippen molar-refractivity contribution in [3.63, 3.8) is 0 Å². The molecule has 1 amide bonds. The Hall–Kier alpha value is -1.31. The van der Waals surface area contributed by atoms with Crippen LogP contribution in [0.3, 0.4) is 0 Å². The van der Waals surface area contributed by atoms with Gasteiger partial charge in [0, 0.05) is 37.8 Å². The second-order valence-corrected chi connectivity index (χ2v) is 8.31. The normalized spacial score (nSPS) is 23.0. The van der Waals surface area contributed by atoms with Gasteiger partial charge >= 0.3 is 0 Å². The molecule has 2 heterocycles. The monoisotopic (exact) mass is 373 g/mol. The minimum absolute atomic E-state index is 0. The molecule has 2 aliphatic heterocycles. The second kappa shape index (κ2) is 7.29. The molecule has 1 N–H and O–H groups in total. The summed E-state index contributed by atoms with van der Waals surface area (Å²) in [5.41, 5.74) is 2.13. The van der Waals surface area contributed by atoms with Crippen molar-refractivity contribution in [3.8, 4) is 0 Å². The van der Waals surface area contributed by atoms with Gasteiger partial charge in [-0.25, -0.2) is 8.42 Å². The number of nitrogens with one attached hydrogen (secondary N) is 1. The number of amides is 1. The van der Waals surface area contributed by atoms with Gasteiger partial charge in [-0.1, -0.05) is 0 Å². The maximum atomic E-state index is 12.8. The third kappa shape index (κ3) is 3.53. The molecule has 6 nitrogen and oxygen atoms in total. The molecule has 1 aromatic carbocycles. The van der Waals surface area contributed by atoms with Gasteiger partial charge in [0.15, 0.2) is 0 Å². The van der Waals surface area contributed by atoms with E-state index in [9.17, 15) is 13.2 Å². The second-order valence-electron chi connectivity index (χ2n) is 6.29. The number of aryl methyl sites for hydroxylation is 1. The first-order valence-corrected chi connectivity index (χ1v) is 9.64. The van der Waals surface area contributed by atoms with Crippen molar-refractivity contribution in [2.75, 3.05) is 36.2 Å². The minimum atomic E-state index is -3.19. The van der Waals surface area contributed by atoms with Gasteiger partial charge in [0.1, 0.15) is 0 Å². The van der Waals surface area contributed by atoms with Crippen LogP contribution in [0.2, 0.25) is 0 Å². The lowest BCUT2D eigenvalue weighted by Gasteiger charge is -2.34. The van der Waals surface area contributed by atoms with Crippen LogP contribution >= 0.6 is 12.4 Å². The first kappa shape index (κ1) is 19.0. The molecule has 0 radical (unpaired) electrons. The predicted molar refractivity (Wildman–Crippen MR) is 97.5 cm³/mol. The fraction of sp³-hybridized carbons (Fsp3) is 0.562. The Morgan fingerprint density at radius 3 is 2.62 bits per heavy atom. The topological polar surface area (TPSA) is 69.7 Å². The molecule has 2 aliphatic rings. The fourth-order valence-corrected chi connectivity index (χ4v) is 4.83. The third-order valence-corrected chi connectivity index (χ3v) is 6.46. The highest BCUT2D eigenvalue weighted by Gasteiger charge is 2.30. The zero-order valence-corrected chi connectivity index (χ0v) is 15.6. The van der Waals surface area contributed by atoms with Crippen LogP contribution in [0.1, 0.15) is 29.3 Å². The lowest BCUT2D eigenvalue weighted by atomic mass is 10.0.